The lowest BCUT2D eigenvalue weighted by atomic mass is 10.0. The zero-order valence-electron chi connectivity index (χ0n) is 11.8. The standard InChI is InChI=1S/C16H16N2O2/c1-10(2)19-16-13-6-4-5-12(15(13)20-18-16)14-9-17-8-7-11(14)3/h4-10H,1-3H3. The van der Waals surface area contributed by atoms with Crippen molar-refractivity contribution in [2.24, 2.45) is 0 Å². The van der Waals surface area contributed by atoms with Crippen LogP contribution in [0.2, 0.25) is 0 Å². The first-order valence-electron chi connectivity index (χ1n) is 6.63. The summed E-state index contributed by atoms with van der Waals surface area (Å²) < 4.78 is 11.2. The maximum absolute atomic E-state index is 5.67. The number of nitrogens with zero attached hydrogens (tertiary/aromatic N) is 2. The number of hydrogen-bond donors (Lipinski definition) is 0. The van der Waals surface area contributed by atoms with Crippen molar-refractivity contribution in [3.8, 4) is 17.0 Å². The van der Waals surface area contributed by atoms with Crippen LogP contribution in [0.4, 0.5) is 0 Å². The minimum absolute atomic E-state index is 0.0621. The molecule has 0 saturated heterocycles. The molecule has 4 nitrogen and oxygen atoms in total. The van der Waals surface area contributed by atoms with E-state index < -0.39 is 0 Å². The maximum Gasteiger partial charge on any atom is 0.262 e. The van der Waals surface area contributed by atoms with Gasteiger partial charge in [-0.2, -0.15) is 0 Å². The van der Waals surface area contributed by atoms with Gasteiger partial charge < -0.3 is 9.26 Å². The van der Waals surface area contributed by atoms with Gasteiger partial charge in [0.15, 0.2) is 5.58 Å². The average molecular weight is 268 g/mol. The quantitative estimate of drug-likeness (QED) is 0.720. The van der Waals surface area contributed by atoms with Gasteiger partial charge in [0.25, 0.3) is 5.88 Å². The molecule has 1 aromatic carbocycles. The van der Waals surface area contributed by atoms with E-state index in [0.29, 0.717) is 5.88 Å². The molecule has 0 bridgehead atoms. The van der Waals surface area contributed by atoms with E-state index in [4.69, 9.17) is 9.26 Å². The minimum atomic E-state index is 0.0621. The fourth-order valence-electron chi connectivity index (χ4n) is 2.21. The zero-order valence-corrected chi connectivity index (χ0v) is 11.8. The number of para-hydroxylation sites is 1. The summed E-state index contributed by atoms with van der Waals surface area (Å²) in [6, 6.07) is 7.93. The summed E-state index contributed by atoms with van der Waals surface area (Å²) in [6.45, 7) is 5.99. The monoisotopic (exact) mass is 268 g/mol. The highest BCUT2D eigenvalue weighted by atomic mass is 16.5. The van der Waals surface area contributed by atoms with Gasteiger partial charge in [0.05, 0.1) is 11.5 Å². The lowest BCUT2D eigenvalue weighted by molar-refractivity contribution is 0.221. The fraction of sp³-hybridized carbons (Fsp3) is 0.250. The minimum Gasteiger partial charge on any atom is -0.472 e. The molecule has 20 heavy (non-hydrogen) atoms. The number of ether oxygens (including phenoxy) is 1. The molecule has 0 N–H and O–H groups in total. The van der Waals surface area contributed by atoms with Gasteiger partial charge in [-0.1, -0.05) is 12.1 Å². The second kappa shape index (κ2) is 4.96. The summed E-state index contributed by atoms with van der Waals surface area (Å²) in [6.07, 6.45) is 3.69. The van der Waals surface area contributed by atoms with E-state index in [2.05, 4.69) is 17.1 Å². The van der Waals surface area contributed by atoms with Crippen molar-refractivity contribution in [3.05, 3.63) is 42.2 Å². The molecule has 0 fully saturated rings. The SMILES string of the molecule is Cc1ccncc1-c1cccc2c(OC(C)C)noc12. The van der Waals surface area contributed by atoms with Gasteiger partial charge >= 0.3 is 0 Å². The Kier molecular flexibility index (Phi) is 3.14. The summed E-state index contributed by atoms with van der Waals surface area (Å²) in [4.78, 5) is 4.19. The highest BCUT2D eigenvalue weighted by Crippen LogP contribution is 2.34. The van der Waals surface area contributed by atoms with Crippen LogP contribution >= 0.6 is 0 Å². The van der Waals surface area contributed by atoms with Crippen LogP contribution in [-0.2, 0) is 0 Å². The smallest absolute Gasteiger partial charge is 0.262 e. The van der Waals surface area contributed by atoms with Crippen LogP contribution in [0.15, 0.2) is 41.2 Å². The number of pyridine rings is 1. The van der Waals surface area contributed by atoms with E-state index in [1.54, 1.807) is 6.20 Å². The third kappa shape index (κ3) is 2.13. The summed E-state index contributed by atoms with van der Waals surface area (Å²) in [5.74, 6) is 0.540. The Labute approximate surface area is 117 Å². The molecule has 2 aromatic heterocycles. The van der Waals surface area contributed by atoms with Crippen molar-refractivity contribution in [1.82, 2.24) is 10.1 Å². The molecule has 0 aliphatic heterocycles. The predicted octanol–water partition coefficient (Wildman–Crippen LogP) is 3.99. The molecule has 3 rings (SSSR count). The van der Waals surface area contributed by atoms with Crippen LogP contribution in [0.3, 0.4) is 0 Å². The number of aromatic nitrogens is 2. The molecular formula is C16H16N2O2. The van der Waals surface area contributed by atoms with Crippen molar-refractivity contribution in [3.63, 3.8) is 0 Å². The normalized spacial score (nSPS) is 11.2. The summed E-state index contributed by atoms with van der Waals surface area (Å²) in [5, 5.41) is 4.92. The van der Waals surface area contributed by atoms with Crippen LogP contribution in [0, 0.1) is 6.92 Å². The third-order valence-electron chi connectivity index (χ3n) is 3.14. The maximum atomic E-state index is 5.67. The van der Waals surface area contributed by atoms with Gasteiger partial charge in [0.2, 0.25) is 0 Å². The zero-order chi connectivity index (χ0) is 14.1. The highest BCUT2D eigenvalue weighted by molar-refractivity contribution is 5.95. The number of benzene rings is 1. The van der Waals surface area contributed by atoms with Crippen molar-refractivity contribution in [2.45, 2.75) is 26.9 Å². The van der Waals surface area contributed by atoms with E-state index >= 15 is 0 Å². The van der Waals surface area contributed by atoms with E-state index in [1.807, 2.05) is 44.3 Å². The lowest BCUT2D eigenvalue weighted by Gasteiger charge is -2.06. The van der Waals surface area contributed by atoms with Gasteiger partial charge in [-0.05, 0) is 43.6 Å². The van der Waals surface area contributed by atoms with Gasteiger partial charge in [0.1, 0.15) is 0 Å². The van der Waals surface area contributed by atoms with Crippen molar-refractivity contribution >= 4 is 11.0 Å². The number of aryl methyl sites for hydroxylation is 1. The van der Waals surface area contributed by atoms with E-state index in [-0.39, 0.29) is 6.10 Å². The number of fused-ring (bicyclic) bond motifs is 1. The number of hydrogen-bond acceptors (Lipinski definition) is 4. The summed E-state index contributed by atoms with van der Waals surface area (Å²) in [5.41, 5.74) is 3.92. The Balaban J connectivity index is 2.18. The van der Waals surface area contributed by atoms with Crippen LogP contribution in [0.5, 0.6) is 5.88 Å². The van der Waals surface area contributed by atoms with Crippen LogP contribution in [0.25, 0.3) is 22.1 Å². The van der Waals surface area contributed by atoms with Gasteiger partial charge in [-0.15, -0.1) is 0 Å². The molecule has 0 unspecified atom stereocenters. The predicted molar refractivity (Wildman–Crippen MR) is 77.7 cm³/mol. The van der Waals surface area contributed by atoms with Gasteiger partial charge in [-0.25, -0.2) is 0 Å². The van der Waals surface area contributed by atoms with Crippen molar-refractivity contribution in [1.29, 1.82) is 0 Å². The molecule has 0 saturated carbocycles. The lowest BCUT2D eigenvalue weighted by Crippen LogP contribution is -2.05. The highest BCUT2D eigenvalue weighted by Gasteiger charge is 2.15. The first-order valence-corrected chi connectivity index (χ1v) is 6.63. The molecule has 0 aliphatic carbocycles. The summed E-state index contributed by atoms with van der Waals surface area (Å²) in [7, 11) is 0. The molecule has 2 heterocycles. The average Bonchev–Trinajstić information content (AvgIpc) is 2.82. The van der Waals surface area contributed by atoms with Crippen molar-refractivity contribution in [2.75, 3.05) is 0 Å². The largest absolute Gasteiger partial charge is 0.472 e. The van der Waals surface area contributed by atoms with Crippen LogP contribution < -0.4 is 4.74 Å². The van der Waals surface area contributed by atoms with Gasteiger partial charge in [0, 0.05) is 23.5 Å². The first kappa shape index (κ1) is 12.7. The second-order valence-electron chi connectivity index (χ2n) is 5.03. The van der Waals surface area contributed by atoms with Crippen LogP contribution in [0.1, 0.15) is 19.4 Å². The van der Waals surface area contributed by atoms with Gasteiger partial charge in [-0.3, -0.25) is 4.98 Å². The molecule has 0 spiro atoms. The molecule has 0 amide bonds. The molecule has 0 aliphatic rings. The molecular weight excluding hydrogens is 252 g/mol. The third-order valence-corrected chi connectivity index (χ3v) is 3.14. The molecule has 102 valence electrons. The summed E-state index contributed by atoms with van der Waals surface area (Å²) >= 11 is 0. The Morgan fingerprint density at radius 2 is 2.00 bits per heavy atom. The Morgan fingerprint density at radius 1 is 1.15 bits per heavy atom. The topological polar surface area (TPSA) is 48.2 Å². The fourth-order valence-corrected chi connectivity index (χ4v) is 2.21. The van der Waals surface area contributed by atoms with E-state index in [9.17, 15) is 0 Å². The Bertz CT molecular complexity index is 747. The second-order valence-corrected chi connectivity index (χ2v) is 5.03. The van der Waals surface area contributed by atoms with E-state index in [1.165, 1.54) is 0 Å². The Morgan fingerprint density at radius 3 is 2.75 bits per heavy atom. The van der Waals surface area contributed by atoms with Crippen LogP contribution in [-0.4, -0.2) is 16.2 Å². The molecule has 0 radical (unpaired) electrons. The molecule has 4 heteroatoms. The first-order chi connectivity index (χ1) is 9.66. The van der Waals surface area contributed by atoms with E-state index in [0.717, 1.165) is 27.7 Å². The van der Waals surface area contributed by atoms with Crippen molar-refractivity contribution < 1.29 is 9.26 Å². The number of rotatable bonds is 3. The molecule has 3 aromatic rings. The molecule has 0 atom stereocenters. The Hall–Kier alpha value is -2.36.